The molecule has 0 unspecified atom stereocenters. The van der Waals surface area contributed by atoms with Crippen LogP contribution in [-0.4, -0.2) is 33.6 Å². The zero-order valence-electron chi connectivity index (χ0n) is 15.2. The molecular weight excluding hydrogens is 350 g/mol. The van der Waals surface area contributed by atoms with Crippen molar-refractivity contribution in [1.29, 1.82) is 0 Å². The smallest absolute Gasteiger partial charge is 0.257 e. The average Bonchev–Trinajstić information content (AvgIpc) is 2.95. The summed E-state index contributed by atoms with van der Waals surface area (Å²) >= 11 is 3.37. The summed E-state index contributed by atoms with van der Waals surface area (Å²) in [5.41, 5.74) is 1.82. The van der Waals surface area contributed by atoms with E-state index in [9.17, 15) is 4.79 Å². The second-order valence-corrected chi connectivity index (χ2v) is 9.59. The number of carbonyl (C=O) groups excluding carboxylic acids is 1. The van der Waals surface area contributed by atoms with Crippen molar-refractivity contribution < 1.29 is 4.79 Å². The topological polar surface area (TPSA) is 45.2 Å². The lowest BCUT2D eigenvalue weighted by Crippen LogP contribution is -2.35. The third-order valence-corrected chi connectivity index (χ3v) is 6.17. The van der Waals surface area contributed by atoms with Gasteiger partial charge in [0.1, 0.15) is 0 Å². The van der Waals surface area contributed by atoms with E-state index in [-0.39, 0.29) is 5.91 Å². The van der Waals surface area contributed by atoms with Crippen molar-refractivity contribution in [3.63, 3.8) is 0 Å². The van der Waals surface area contributed by atoms with Crippen molar-refractivity contribution in [1.82, 2.24) is 9.88 Å². The average molecular weight is 376 g/mol. The maximum Gasteiger partial charge on any atom is 0.257 e. The van der Waals surface area contributed by atoms with Crippen LogP contribution in [0.25, 0.3) is 0 Å². The summed E-state index contributed by atoms with van der Waals surface area (Å²) < 4.78 is 0. The second-order valence-electron chi connectivity index (χ2n) is 6.85. The van der Waals surface area contributed by atoms with Crippen LogP contribution >= 0.6 is 23.1 Å². The minimum Gasteiger partial charge on any atom is -0.298 e. The Morgan fingerprint density at radius 1 is 1.32 bits per heavy atom. The van der Waals surface area contributed by atoms with Crippen molar-refractivity contribution in [2.45, 2.75) is 56.8 Å². The first-order chi connectivity index (χ1) is 11.9. The highest BCUT2D eigenvalue weighted by Crippen LogP contribution is 2.30. The first-order valence-corrected chi connectivity index (χ1v) is 10.4. The van der Waals surface area contributed by atoms with Crippen molar-refractivity contribution in [2.24, 2.45) is 0 Å². The maximum absolute atomic E-state index is 12.6. The van der Waals surface area contributed by atoms with E-state index in [0.717, 1.165) is 30.1 Å². The van der Waals surface area contributed by atoms with E-state index in [1.54, 1.807) is 23.1 Å². The van der Waals surface area contributed by atoms with E-state index in [1.165, 1.54) is 4.88 Å². The van der Waals surface area contributed by atoms with E-state index in [0.29, 0.717) is 22.0 Å². The predicted octanol–water partition coefficient (Wildman–Crippen LogP) is 4.66. The fraction of sp³-hybridized carbons (Fsp3) is 0.474. The molecule has 4 nitrogen and oxygen atoms in total. The van der Waals surface area contributed by atoms with Gasteiger partial charge in [-0.3, -0.25) is 15.0 Å². The summed E-state index contributed by atoms with van der Waals surface area (Å²) in [4.78, 5) is 22.0. The van der Waals surface area contributed by atoms with Gasteiger partial charge in [0.2, 0.25) is 0 Å². The molecule has 0 atom stereocenters. The molecule has 3 rings (SSSR count). The van der Waals surface area contributed by atoms with Crippen LogP contribution in [0.1, 0.15) is 48.6 Å². The lowest BCUT2D eigenvalue weighted by molar-refractivity contribution is 0.102. The van der Waals surface area contributed by atoms with Crippen molar-refractivity contribution in [3.8, 4) is 0 Å². The first-order valence-electron chi connectivity index (χ1n) is 8.73. The minimum absolute atomic E-state index is 0.0852. The summed E-state index contributed by atoms with van der Waals surface area (Å²) in [5, 5.41) is 4.18. The van der Waals surface area contributed by atoms with Crippen LogP contribution < -0.4 is 5.32 Å². The molecule has 0 saturated carbocycles. The second kappa shape index (κ2) is 7.89. The van der Waals surface area contributed by atoms with Crippen LogP contribution in [-0.2, 0) is 13.0 Å². The van der Waals surface area contributed by atoms with Crippen LogP contribution in [0.5, 0.6) is 0 Å². The van der Waals surface area contributed by atoms with Crippen LogP contribution in [0.15, 0.2) is 29.2 Å². The number of fused-ring (bicyclic) bond motifs is 1. The molecule has 0 saturated heterocycles. The molecule has 1 aliphatic rings. The Morgan fingerprint density at radius 3 is 2.84 bits per heavy atom. The Bertz CT molecular complexity index is 755. The van der Waals surface area contributed by atoms with Gasteiger partial charge in [-0.15, -0.1) is 23.1 Å². The lowest BCUT2D eigenvalue weighted by Gasteiger charge is -2.29. The Hall–Kier alpha value is -1.37. The number of aromatic nitrogens is 1. The summed E-state index contributed by atoms with van der Waals surface area (Å²) in [7, 11) is 0. The van der Waals surface area contributed by atoms with E-state index >= 15 is 0 Å². The van der Waals surface area contributed by atoms with Gasteiger partial charge in [-0.25, -0.2) is 4.98 Å². The largest absolute Gasteiger partial charge is 0.298 e. The summed E-state index contributed by atoms with van der Waals surface area (Å²) in [6.07, 6.45) is 0.959. The standard InChI is InChI=1S/C19H25N3OS2/c1-12(2)22-9-8-16-17(11-22)25-19(20-16)21-18(23)14-6-5-7-15(10-14)24-13(3)4/h5-7,10,12-13H,8-9,11H2,1-4H3,(H,20,21,23). The van der Waals surface area contributed by atoms with Gasteiger partial charge in [0.25, 0.3) is 5.91 Å². The number of thioether (sulfide) groups is 1. The van der Waals surface area contributed by atoms with E-state index in [4.69, 9.17) is 0 Å². The Labute approximate surface area is 158 Å². The van der Waals surface area contributed by atoms with Crippen molar-refractivity contribution >= 4 is 34.1 Å². The van der Waals surface area contributed by atoms with Gasteiger partial charge in [0, 0.05) is 46.1 Å². The third-order valence-electron chi connectivity index (χ3n) is 4.18. The molecule has 2 heterocycles. The third kappa shape index (κ3) is 4.63. The highest BCUT2D eigenvalue weighted by atomic mass is 32.2. The number of rotatable bonds is 5. The van der Waals surface area contributed by atoms with Gasteiger partial charge in [-0.1, -0.05) is 19.9 Å². The molecule has 0 aliphatic carbocycles. The van der Waals surface area contributed by atoms with Crippen molar-refractivity contribution in [3.05, 3.63) is 40.4 Å². The fourth-order valence-electron chi connectivity index (χ4n) is 2.86. The quantitative estimate of drug-likeness (QED) is 0.772. The van der Waals surface area contributed by atoms with Crippen LogP contribution in [0, 0.1) is 0 Å². The predicted molar refractivity (Wildman–Crippen MR) is 107 cm³/mol. The number of hydrogen-bond acceptors (Lipinski definition) is 5. The minimum atomic E-state index is -0.0852. The molecule has 1 amide bonds. The monoisotopic (exact) mass is 375 g/mol. The SMILES string of the molecule is CC(C)Sc1cccc(C(=O)Nc2nc3c(s2)CN(C(C)C)CC3)c1. The summed E-state index contributed by atoms with van der Waals surface area (Å²) in [5.74, 6) is -0.0852. The number of hydrogen-bond donors (Lipinski definition) is 1. The number of thiazole rings is 1. The molecule has 0 spiro atoms. The number of amides is 1. The Kier molecular flexibility index (Phi) is 5.81. The lowest BCUT2D eigenvalue weighted by atomic mass is 10.1. The number of benzene rings is 1. The summed E-state index contributed by atoms with van der Waals surface area (Å²) in [6, 6.07) is 8.33. The van der Waals surface area contributed by atoms with Gasteiger partial charge < -0.3 is 0 Å². The molecule has 1 N–H and O–H groups in total. The molecule has 2 aromatic rings. The van der Waals surface area contributed by atoms with Gasteiger partial charge in [0.05, 0.1) is 5.69 Å². The first kappa shape index (κ1) is 18.4. The molecule has 0 bridgehead atoms. The maximum atomic E-state index is 12.6. The van der Waals surface area contributed by atoms with Crippen LogP contribution in [0.4, 0.5) is 5.13 Å². The molecular formula is C19H25N3OS2. The molecule has 0 fully saturated rings. The van der Waals surface area contributed by atoms with Gasteiger partial charge in [-0.2, -0.15) is 0 Å². The molecule has 25 heavy (non-hydrogen) atoms. The van der Waals surface area contributed by atoms with Crippen LogP contribution in [0.2, 0.25) is 0 Å². The Balaban J connectivity index is 1.70. The molecule has 134 valence electrons. The highest BCUT2D eigenvalue weighted by Gasteiger charge is 2.23. The Morgan fingerprint density at radius 2 is 2.12 bits per heavy atom. The molecule has 1 aromatic heterocycles. The zero-order valence-corrected chi connectivity index (χ0v) is 16.8. The zero-order chi connectivity index (χ0) is 18.0. The normalized spacial score (nSPS) is 14.8. The van der Waals surface area contributed by atoms with Gasteiger partial charge in [-0.05, 0) is 32.0 Å². The highest BCUT2D eigenvalue weighted by molar-refractivity contribution is 7.99. The molecule has 1 aromatic carbocycles. The van der Waals surface area contributed by atoms with Crippen LogP contribution in [0.3, 0.4) is 0 Å². The number of nitrogens with one attached hydrogen (secondary N) is 1. The molecule has 0 radical (unpaired) electrons. The van der Waals surface area contributed by atoms with E-state index < -0.39 is 0 Å². The molecule has 6 heteroatoms. The van der Waals surface area contributed by atoms with E-state index in [2.05, 4.69) is 42.9 Å². The van der Waals surface area contributed by atoms with E-state index in [1.807, 2.05) is 24.3 Å². The number of nitrogens with zero attached hydrogens (tertiary/aromatic N) is 2. The summed E-state index contributed by atoms with van der Waals surface area (Å²) in [6.45, 7) is 10.7. The fourth-order valence-corrected chi connectivity index (χ4v) is 4.79. The number of anilines is 1. The van der Waals surface area contributed by atoms with Gasteiger partial charge >= 0.3 is 0 Å². The molecule has 1 aliphatic heterocycles. The van der Waals surface area contributed by atoms with Gasteiger partial charge in [0.15, 0.2) is 5.13 Å². The number of carbonyl (C=O) groups is 1. The van der Waals surface area contributed by atoms with Crippen molar-refractivity contribution in [2.75, 3.05) is 11.9 Å².